The molecular formula is C106H73BN6. The molecule has 6 heterocycles. The van der Waals surface area contributed by atoms with E-state index < -0.39 is 0 Å². The van der Waals surface area contributed by atoms with E-state index in [0.717, 1.165) is 123 Å². The monoisotopic (exact) mass is 1440 g/mol. The maximum Gasteiger partial charge on any atom is 0.252 e. The van der Waals surface area contributed by atoms with Crippen molar-refractivity contribution in [3.05, 3.63) is 394 Å². The summed E-state index contributed by atoms with van der Waals surface area (Å²) in [7, 11) is 0. The molecule has 4 aromatic heterocycles. The Morgan fingerprint density at radius 1 is 0.230 bits per heavy atom. The molecular weight excluding hydrogens is 1370 g/mol. The fraction of sp³-hybridized carbons (Fsp3) is 0.0377. The van der Waals surface area contributed by atoms with Gasteiger partial charge in [0.25, 0.3) is 6.71 Å². The van der Waals surface area contributed by atoms with Gasteiger partial charge in [-0.05, 0) is 147 Å². The van der Waals surface area contributed by atoms with E-state index in [0.29, 0.717) is 0 Å². The molecule has 113 heavy (non-hydrogen) atoms. The Kier molecular flexibility index (Phi) is 14.3. The minimum atomic E-state index is -0.356. The first-order valence-corrected chi connectivity index (χ1v) is 39.4. The molecule has 6 nitrogen and oxygen atoms in total. The summed E-state index contributed by atoms with van der Waals surface area (Å²) in [6, 6.07) is 146. The Labute approximate surface area is 655 Å². The lowest BCUT2D eigenvalue weighted by Crippen LogP contribution is -2.61. The molecule has 0 saturated carbocycles. The van der Waals surface area contributed by atoms with Gasteiger partial charge in [0, 0.05) is 111 Å². The van der Waals surface area contributed by atoms with Crippen LogP contribution in [0.3, 0.4) is 0 Å². The summed E-state index contributed by atoms with van der Waals surface area (Å²) in [4.78, 5) is 5.43. The number of nitrogens with zero attached hydrogens (tertiary/aromatic N) is 6. The zero-order chi connectivity index (χ0) is 74.7. The Bertz CT molecular complexity index is 6900. The van der Waals surface area contributed by atoms with Gasteiger partial charge in [-0.1, -0.05) is 312 Å². The fourth-order valence-corrected chi connectivity index (χ4v) is 19.4. The number of aromatic nitrogens is 4. The molecule has 0 bridgehead atoms. The Balaban J connectivity index is 0.880. The highest BCUT2D eigenvalue weighted by molar-refractivity contribution is 7.00. The maximum absolute atomic E-state index is 2.72. The maximum atomic E-state index is 2.72. The molecule has 2 aliphatic heterocycles. The van der Waals surface area contributed by atoms with Crippen LogP contribution in [0.15, 0.2) is 388 Å². The van der Waals surface area contributed by atoms with Crippen molar-refractivity contribution in [3.63, 3.8) is 0 Å². The van der Waals surface area contributed by atoms with Crippen LogP contribution in [0.2, 0.25) is 0 Å². The molecule has 530 valence electrons. The average molecular weight is 1440 g/mol. The van der Waals surface area contributed by atoms with E-state index in [2.05, 4.69) is 437 Å². The lowest BCUT2D eigenvalue weighted by molar-refractivity contribution is 0.590. The van der Waals surface area contributed by atoms with Crippen molar-refractivity contribution in [1.29, 1.82) is 0 Å². The summed E-state index contributed by atoms with van der Waals surface area (Å²) in [5, 5.41) is 9.66. The topological polar surface area (TPSA) is 26.2 Å². The van der Waals surface area contributed by atoms with E-state index >= 15 is 0 Å². The third-order valence-corrected chi connectivity index (χ3v) is 24.2. The third-order valence-electron chi connectivity index (χ3n) is 24.2. The highest BCUT2D eigenvalue weighted by Crippen LogP contribution is 2.55. The van der Waals surface area contributed by atoms with Gasteiger partial charge in [-0.15, -0.1) is 0 Å². The Morgan fingerprint density at radius 2 is 0.549 bits per heavy atom. The van der Waals surface area contributed by atoms with Crippen LogP contribution >= 0.6 is 0 Å². The van der Waals surface area contributed by atoms with Gasteiger partial charge in [-0.2, -0.15) is 0 Å². The molecule has 7 heteroatoms. The normalized spacial score (nSPS) is 12.7. The van der Waals surface area contributed by atoms with Crippen molar-refractivity contribution in [2.24, 2.45) is 0 Å². The molecule has 0 spiro atoms. The molecule has 17 aromatic carbocycles. The van der Waals surface area contributed by atoms with E-state index in [1.807, 2.05) is 0 Å². The van der Waals surface area contributed by atoms with E-state index in [4.69, 9.17) is 0 Å². The number of hydrogen-bond acceptors (Lipinski definition) is 2. The summed E-state index contributed by atoms with van der Waals surface area (Å²) in [5.74, 6) is 0. The van der Waals surface area contributed by atoms with Crippen molar-refractivity contribution < 1.29 is 0 Å². The molecule has 0 fully saturated rings. The van der Waals surface area contributed by atoms with Crippen LogP contribution in [-0.4, -0.2) is 25.0 Å². The van der Waals surface area contributed by atoms with Gasteiger partial charge in [0.2, 0.25) is 0 Å². The molecule has 0 aliphatic carbocycles. The van der Waals surface area contributed by atoms with Crippen molar-refractivity contribution in [1.82, 2.24) is 18.3 Å². The minimum absolute atomic E-state index is 0.287. The molecule has 0 atom stereocenters. The summed E-state index contributed by atoms with van der Waals surface area (Å²) < 4.78 is 10.1. The molecule has 23 rings (SSSR count). The quantitative estimate of drug-likeness (QED) is 0.128. The fourth-order valence-electron chi connectivity index (χ4n) is 19.4. The van der Waals surface area contributed by atoms with Gasteiger partial charge < -0.3 is 28.1 Å². The van der Waals surface area contributed by atoms with Crippen LogP contribution < -0.4 is 26.2 Å². The van der Waals surface area contributed by atoms with Gasteiger partial charge >= 0.3 is 0 Å². The predicted octanol–water partition coefficient (Wildman–Crippen LogP) is 26.1. The van der Waals surface area contributed by atoms with Gasteiger partial charge in [-0.25, -0.2) is 0 Å². The number of para-hydroxylation sites is 8. The number of fused-ring (bicyclic) bond motifs is 18. The standard InChI is InChI=1S/C106H73BN6/c1-106(2,3)72-64-97-101-98(65-72)113(103-79(70-36-14-6-15-37-70)50-31-51-80(103)71-38-16-7-17-39-71)96-67-76(111-90-53-27-23-45-82(90)84-59-63-94-100(105(84)111)86-47-25-29-55-92(86)109(94)74-42-20-9-21-43-74)57-61-88(96)107(101)87-60-56-75(66-95(87)112(97)102-77(68-32-10-4-11-33-68)48-30-49-78(102)69-34-12-5-13-35-69)110-89-52-26-22-44-81(89)83-58-62-93-99(104(83)110)85-46-24-28-54-91(85)108(93)73-40-18-8-19-41-73/h4-67H,1-3H3. The second-order valence-corrected chi connectivity index (χ2v) is 31.4. The Hall–Kier alpha value is -14.4. The highest BCUT2D eigenvalue weighted by atomic mass is 15.2. The van der Waals surface area contributed by atoms with E-state index in [9.17, 15) is 0 Å². The van der Waals surface area contributed by atoms with Gasteiger partial charge in [0.05, 0.1) is 55.5 Å². The van der Waals surface area contributed by atoms with Gasteiger partial charge in [0.1, 0.15) is 0 Å². The number of anilines is 6. The summed E-state index contributed by atoms with van der Waals surface area (Å²) >= 11 is 0. The van der Waals surface area contributed by atoms with E-state index in [1.54, 1.807) is 0 Å². The van der Waals surface area contributed by atoms with Crippen molar-refractivity contribution >= 4 is 144 Å². The molecule has 0 unspecified atom stereocenters. The summed E-state index contributed by atoms with van der Waals surface area (Å²) in [6.45, 7) is 6.90. The number of rotatable bonds is 10. The second kappa shape index (κ2) is 25.1. The molecule has 0 radical (unpaired) electrons. The molecule has 2 aliphatic rings. The minimum Gasteiger partial charge on any atom is -0.310 e. The van der Waals surface area contributed by atoms with Gasteiger partial charge in [-0.3, -0.25) is 0 Å². The van der Waals surface area contributed by atoms with Crippen LogP contribution in [0.25, 0.3) is 154 Å². The lowest BCUT2D eigenvalue weighted by Gasteiger charge is -2.46. The molecule has 21 aromatic rings. The highest BCUT2D eigenvalue weighted by Gasteiger charge is 2.46. The zero-order valence-electron chi connectivity index (χ0n) is 62.7. The first-order chi connectivity index (χ1) is 55.8. The Morgan fingerprint density at radius 3 is 0.903 bits per heavy atom. The lowest BCUT2D eigenvalue weighted by atomic mass is 9.33. The van der Waals surface area contributed by atoms with Crippen LogP contribution in [0.5, 0.6) is 0 Å². The van der Waals surface area contributed by atoms with Crippen molar-refractivity contribution in [3.8, 4) is 67.3 Å². The first kappa shape index (κ1) is 64.6. The largest absolute Gasteiger partial charge is 0.310 e. The molecule has 0 saturated heterocycles. The van der Waals surface area contributed by atoms with Crippen LogP contribution in [0.4, 0.5) is 34.1 Å². The zero-order valence-corrected chi connectivity index (χ0v) is 62.7. The second-order valence-electron chi connectivity index (χ2n) is 31.4. The van der Waals surface area contributed by atoms with Crippen molar-refractivity contribution in [2.75, 3.05) is 9.80 Å². The van der Waals surface area contributed by atoms with E-state index in [-0.39, 0.29) is 12.1 Å². The van der Waals surface area contributed by atoms with Crippen molar-refractivity contribution in [2.45, 2.75) is 26.2 Å². The number of benzene rings is 17. The third kappa shape index (κ3) is 9.68. The SMILES string of the molecule is CC(C)(C)c1cc2c3c(c1)N(c1c(-c4ccccc4)cccc1-c1ccccc1)c1cc(-n4c5ccccc5c5ccc6c(c7ccccc7n6-c6ccccc6)c54)ccc1B3c1ccc(-n3c4ccccc4c4ccc5c(c6ccccc6n5-c5ccccc5)c43)cc1N2c1c(-c2ccccc2)cccc1-c1ccccc1. The summed E-state index contributed by atoms with van der Waals surface area (Å²) in [5.41, 5.74) is 34.0. The smallest absolute Gasteiger partial charge is 0.252 e. The molecule has 0 amide bonds. The first-order valence-electron chi connectivity index (χ1n) is 39.4. The van der Waals surface area contributed by atoms with Gasteiger partial charge in [0.15, 0.2) is 0 Å². The van der Waals surface area contributed by atoms with Crippen LogP contribution in [-0.2, 0) is 5.41 Å². The number of hydrogen-bond donors (Lipinski definition) is 0. The van der Waals surface area contributed by atoms with Crippen LogP contribution in [0.1, 0.15) is 26.3 Å². The predicted molar refractivity (Wildman–Crippen MR) is 478 cm³/mol. The average Bonchev–Trinajstić information content (AvgIpc) is 1.19. The van der Waals surface area contributed by atoms with Crippen LogP contribution in [0, 0.1) is 0 Å². The molecule has 0 N–H and O–H groups in total. The summed E-state index contributed by atoms with van der Waals surface area (Å²) in [6.07, 6.45) is 0. The van der Waals surface area contributed by atoms with E-state index in [1.165, 1.54) is 87.1 Å².